The summed E-state index contributed by atoms with van der Waals surface area (Å²) < 4.78 is 0. The molecule has 5 nitrogen and oxygen atoms in total. The molecular weight excluding hydrogens is 232 g/mol. The molecule has 1 aliphatic rings. The highest BCUT2D eigenvalue weighted by Crippen LogP contribution is 2.31. The highest BCUT2D eigenvalue weighted by Gasteiger charge is 2.35. The Labute approximate surface area is 106 Å². The molecule has 0 bridgehead atoms. The third-order valence-corrected chi connectivity index (χ3v) is 3.45. The van der Waals surface area contributed by atoms with Gasteiger partial charge in [-0.2, -0.15) is 0 Å². The van der Waals surface area contributed by atoms with E-state index in [-0.39, 0.29) is 17.2 Å². The molecule has 1 aliphatic heterocycles. The predicted molar refractivity (Wildman–Crippen MR) is 67.8 cm³/mol. The van der Waals surface area contributed by atoms with Gasteiger partial charge in [0.05, 0.1) is 6.10 Å². The summed E-state index contributed by atoms with van der Waals surface area (Å²) in [5, 5.41) is 18.8. The molecule has 2 heterocycles. The number of carboxylic acid groups (broad SMARTS) is 1. The van der Waals surface area contributed by atoms with Crippen LogP contribution in [0.25, 0.3) is 0 Å². The van der Waals surface area contributed by atoms with E-state index < -0.39 is 5.97 Å². The molecule has 1 aromatic rings. The molecule has 0 radical (unpaired) electrons. The molecular formula is C13H18N2O3. The van der Waals surface area contributed by atoms with Crippen molar-refractivity contribution in [2.45, 2.75) is 26.4 Å². The Balaban J connectivity index is 2.22. The van der Waals surface area contributed by atoms with Gasteiger partial charge in [0.2, 0.25) is 0 Å². The second-order valence-electron chi connectivity index (χ2n) is 5.40. The topological polar surface area (TPSA) is 73.7 Å². The molecule has 1 aromatic heterocycles. The summed E-state index contributed by atoms with van der Waals surface area (Å²) in [4.78, 5) is 17.1. The van der Waals surface area contributed by atoms with Crippen LogP contribution in [0.4, 0.5) is 5.82 Å². The lowest BCUT2D eigenvalue weighted by molar-refractivity contribution is 0.0334. The monoisotopic (exact) mass is 250 g/mol. The van der Waals surface area contributed by atoms with Gasteiger partial charge >= 0.3 is 5.97 Å². The molecule has 1 unspecified atom stereocenters. The van der Waals surface area contributed by atoms with Crippen molar-refractivity contribution in [2.24, 2.45) is 5.41 Å². The molecule has 18 heavy (non-hydrogen) atoms. The highest BCUT2D eigenvalue weighted by atomic mass is 16.4. The number of aliphatic hydroxyl groups is 1. The third kappa shape index (κ3) is 2.46. The van der Waals surface area contributed by atoms with Crippen molar-refractivity contribution < 1.29 is 15.0 Å². The second-order valence-corrected chi connectivity index (χ2v) is 5.40. The van der Waals surface area contributed by atoms with E-state index in [2.05, 4.69) is 4.98 Å². The van der Waals surface area contributed by atoms with E-state index in [9.17, 15) is 9.90 Å². The number of aliphatic hydroxyl groups excluding tert-OH is 1. The summed E-state index contributed by atoms with van der Waals surface area (Å²) in [5.41, 5.74) is -0.157. The van der Waals surface area contributed by atoms with Gasteiger partial charge in [0.25, 0.3) is 0 Å². The highest BCUT2D eigenvalue weighted by molar-refractivity contribution is 5.85. The Morgan fingerprint density at radius 3 is 2.83 bits per heavy atom. The fraction of sp³-hybridized carbons (Fsp3) is 0.538. The van der Waals surface area contributed by atoms with E-state index in [0.717, 1.165) is 0 Å². The number of hydrogen-bond donors (Lipinski definition) is 2. The standard InChI is InChI=1S/C13H18N2O3/c1-13(2)8-15(7-6-10(13)16)11-5-3-4-9(14-11)12(17)18/h3-5,10,16H,6-8H2,1-2H3,(H,17,18). The Hall–Kier alpha value is -1.62. The van der Waals surface area contributed by atoms with Crippen molar-refractivity contribution in [3.63, 3.8) is 0 Å². The van der Waals surface area contributed by atoms with Crippen LogP contribution >= 0.6 is 0 Å². The molecule has 0 aliphatic carbocycles. The molecule has 5 heteroatoms. The van der Waals surface area contributed by atoms with Crippen molar-refractivity contribution >= 4 is 11.8 Å². The van der Waals surface area contributed by atoms with Gasteiger partial charge in [0, 0.05) is 18.5 Å². The van der Waals surface area contributed by atoms with E-state index >= 15 is 0 Å². The summed E-state index contributed by atoms with van der Waals surface area (Å²) in [6, 6.07) is 4.99. The van der Waals surface area contributed by atoms with Crippen LogP contribution in [0.3, 0.4) is 0 Å². The minimum atomic E-state index is -1.02. The molecule has 2 rings (SSSR count). The zero-order chi connectivity index (χ0) is 13.3. The van der Waals surface area contributed by atoms with Gasteiger partial charge in [-0.05, 0) is 18.6 Å². The summed E-state index contributed by atoms with van der Waals surface area (Å²) in [7, 11) is 0. The van der Waals surface area contributed by atoms with Gasteiger partial charge in [0.1, 0.15) is 5.82 Å². The number of aromatic carboxylic acids is 1. The number of rotatable bonds is 2. The van der Waals surface area contributed by atoms with Crippen LogP contribution in [0.5, 0.6) is 0 Å². The lowest BCUT2D eigenvalue weighted by Crippen LogP contribution is -2.49. The summed E-state index contributed by atoms with van der Waals surface area (Å²) in [5.74, 6) is -0.358. The van der Waals surface area contributed by atoms with E-state index in [1.54, 1.807) is 12.1 Å². The maximum Gasteiger partial charge on any atom is 0.354 e. The van der Waals surface area contributed by atoms with Crippen molar-refractivity contribution in [3.8, 4) is 0 Å². The van der Waals surface area contributed by atoms with E-state index in [4.69, 9.17) is 5.11 Å². The van der Waals surface area contributed by atoms with Crippen LogP contribution < -0.4 is 4.90 Å². The second kappa shape index (κ2) is 4.57. The first kappa shape index (κ1) is 12.8. The maximum atomic E-state index is 10.9. The first-order valence-corrected chi connectivity index (χ1v) is 6.03. The number of piperidine rings is 1. The number of carboxylic acids is 1. The molecule has 2 N–H and O–H groups in total. The Kier molecular flexibility index (Phi) is 3.26. The molecule has 0 aromatic carbocycles. The molecule has 1 fully saturated rings. The third-order valence-electron chi connectivity index (χ3n) is 3.45. The zero-order valence-corrected chi connectivity index (χ0v) is 10.6. The average molecular weight is 250 g/mol. The Bertz CT molecular complexity index is 459. The Morgan fingerprint density at radius 1 is 1.50 bits per heavy atom. The van der Waals surface area contributed by atoms with E-state index in [0.29, 0.717) is 25.3 Å². The fourth-order valence-corrected chi connectivity index (χ4v) is 2.26. The zero-order valence-electron chi connectivity index (χ0n) is 10.6. The number of nitrogens with zero attached hydrogens (tertiary/aromatic N) is 2. The number of aromatic nitrogens is 1. The van der Waals surface area contributed by atoms with Crippen molar-refractivity contribution in [1.29, 1.82) is 0 Å². The van der Waals surface area contributed by atoms with Gasteiger partial charge in [0.15, 0.2) is 5.69 Å². The lowest BCUT2D eigenvalue weighted by Gasteiger charge is -2.42. The summed E-state index contributed by atoms with van der Waals surface area (Å²) >= 11 is 0. The number of hydrogen-bond acceptors (Lipinski definition) is 4. The lowest BCUT2D eigenvalue weighted by atomic mass is 9.81. The van der Waals surface area contributed by atoms with Gasteiger partial charge in [-0.25, -0.2) is 9.78 Å². The van der Waals surface area contributed by atoms with E-state index in [1.807, 2.05) is 18.7 Å². The fourth-order valence-electron chi connectivity index (χ4n) is 2.26. The molecule has 1 saturated heterocycles. The first-order chi connectivity index (χ1) is 8.40. The van der Waals surface area contributed by atoms with Crippen molar-refractivity contribution in [3.05, 3.63) is 23.9 Å². The van der Waals surface area contributed by atoms with Crippen LogP contribution in [-0.4, -0.2) is 40.4 Å². The molecule has 98 valence electrons. The average Bonchev–Trinajstić information content (AvgIpc) is 2.33. The minimum absolute atomic E-state index is 0.0522. The van der Waals surface area contributed by atoms with Crippen LogP contribution in [0.15, 0.2) is 18.2 Å². The quantitative estimate of drug-likeness (QED) is 0.829. The summed E-state index contributed by atoms with van der Waals surface area (Å²) in [6.07, 6.45) is 0.350. The number of pyridine rings is 1. The number of carbonyl (C=O) groups is 1. The normalized spacial score (nSPS) is 22.8. The summed E-state index contributed by atoms with van der Waals surface area (Å²) in [6.45, 7) is 5.38. The van der Waals surface area contributed by atoms with Gasteiger partial charge in [-0.15, -0.1) is 0 Å². The largest absolute Gasteiger partial charge is 0.477 e. The predicted octanol–water partition coefficient (Wildman–Crippen LogP) is 1.38. The van der Waals surface area contributed by atoms with Crippen LogP contribution in [0.1, 0.15) is 30.8 Å². The SMILES string of the molecule is CC1(C)CN(c2cccc(C(=O)O)n2)CCC1O. The Morgan fingerprint density at radius 2 is 2.22 bits per heavy atom. The minimum Gasteiger partial charge on any atom is -0.477 e. The van der Waals surface area contributed by atoms with Gasteiger partial charge in [-0.3, -0.25) is 0 Å². The maximum absolute atomic E-state index is 10.9. The van der Waals surface area contributed by atoms with Gasteiger partial charge in [-0.1, -0.05) is 19.9 Å². The van der Waals surface area contributed by atoms with Crippen molar-refractivity contribution in [1.82, 2.24) is 4.98 Å². The smallest absolute Gasteiger partial charge is 0.354 e. The first-order valence-electron chi connectivity index (χ1n) is 6.03. The number of anilines is 1. The molecule has 0 saturated carbocycles. The van der Waals surface area contributed by atoms with Crippen LogP contribution in [0, 0.1) is 5.41 Å². The molecule has 0 spiro atoms. The molecule has 1 atom stereocenters. The van der Waals surface area contributed by atoms with E-state index in [1.165, 1.54) is 6.07 Å². The molecule has 0 amide bonds. The van der Waals surface area contributed by atoms with Crippen LogP contribution in [0.2, 0.25) is 0 Å². The van der Waals surface area contributed by atoms with Crippen molar-refractivity contribution in [2.75, 3.05) is 18.0 Å². The van der Waals surface area contributed by atoms with Gasteiger partial charge < -0.3 is 15.1 Å². The van der Waals surface area contributed by atoms with Crippen LogP contribution in [-0.2, 0) is 0 Å².